The van der Waals surface area contributed by atoms with E-state index in [4.69, 9.17) is 28.7 Å². The van der Waals surface area contributed by atoms with Gasteiger partial charge in [0.25, 0.3) is 0 Å². The van der Waals surface area contributed by atoms with Gasteiger partial charge in [0, 0.05) is 6.42 Å². The summed E-state index contributed by atoms with van der Waals surface area (Å²) in [5, 5.41) is 44.0. The van der Waals surface area contributed by atoms with Gasteiger partial charge >= 0.3 is 5.97 Å². The van der Waals surface area contributed by atoms with E-state index >= 15 is 0 Å². The molecular weight excluding hydrogens is 650 g/mol. The lowest BCUT2D eigenvalue weighted by molar-refractivity contribution is -0.145. The van der Waals surface area contributed by atoms with Crippen LogP contribution in [0.3, 0.4) is 0 Å². The highest BCUT2D eigenvalue weighted by atomic mass is 16.4. The van der Waals surface area contributed by atoms with Crippen LogP contribution in [0.4, 0.5) is 0 Å². The maximum Gasteiger partial charge on any atom is 0.328 e. The first-order valence-corrected chi connectivity index (χ1v) is 15.9. The first-order chi connectivity index (χ1) is 22.8. The van der Waals surface area contributed by atoms with Crippen molar-refractivity contribution >= 4 is 41.4 Å². The second kappa shape index (κ2) is 23.4. The van der Waals surface area contributed by atoms with Gasteiger partial charge in [0.15, 0.2) is 6.04 Å². The Hall–Kier alpha value is -3.99. The van der Waals surface area contributed by atoms with Crippen LogP contribution in [0.1, 0.15) is 65.7 Å². The Morgan fingerprint density at radius 1 is 0.612 bits per heavy atom. The van der Waals surface area contributed by atoms with E-state index in [9.17, 15) is 48.9 Å². The van der Waals surface area contributed by atoms with Gasteiger partial charge in [0.1, 0.15) is 30.5 Å². The number of carbonyl (C=O) groups is 7. The van der Waals surface area contributed by atoms with Crippen LogP contribution >= 0.6 is 0 Å². The summed E-state index contributed by atoms with van der Waals surface area (Å²) < 4.78 is 0. The largest absolute Gasteiger partial charge is 0.480 e. The number of aliphatic hydroxyl groups is 2. The molecule has 49 heavy (non-hydrogen) atoms. The van der Waals surface area contributed by atoms with Gasteiger partial charge in [-0.05, 0) is 72.4 Å². The summed E-state index contributed by atoms with van der Waals surface area (Å²) in [6.07, 6.45) is -3.47. The van der Waals surface area contributed by atoms with Gasteiger partial charge in [0.2, 0.25) is 35.4 Å². The molecule has 0 radical (unpaired) electrons. The van der Waals surface area contributed by atoms with E-state index in [2.05, 4.69) is 31.9 Å². The number of hydrogen-bond acceptors (Lipinski definition) is 14. The SMILES string of the molecule is C[C@H](N)C(=O)N[C@@H](CCCNC(N)N)C(=O)N[C@H](C(=O)N[C@@H](CCCCN)C(=O)N[C@@H](CCC(N)=O)C(=O)N[C@H](C(=O)O)[C@@H](C)O)[C@@H](C)O. The van der Waals surface area contributed by atoms with Crippen molar-refractivity contribution in [2.24, 2.45) is 28.7 Å². The van der Waals surface area contributed by atoms with E-state index in [-0.39, 0.29) is 38.8 Å². The van der Waals surface area contributed by atoms with Crippen LogP contribution < -0.4 is 60.6 Å². The van der Waals surface area contributed by atoms with Crippen molar-refractivity contribution in [3.63, 3.8) is 0 Å². The van der Waals surface area contributed by atoms with Crippen molar-refractivity contribution < 1.29 is 48.9 Å². The van der Waals surface area contributed by atoms with Crippen LogP contribution in [0.2, 0.25) is 0 Å². The standard InChI is InChI=1S/C28H55N11O10/c1-13(30)22(43)35-17(8-6-12-34-28(32)33)24(45)38-20(14(2)40)26(47)37-16(7-4-5-11-29)23(44)36-18(9-10-19(31)42)25(46)39-21(15(3)41)27(48)49/h13-18,20-21,28,34,40-41H,4-12,29-30,32-33H2,1-3H3,(H2,31,42)(H,35,43)(H,36,44)(H,37,47)(H,38,45)(H,39,46)(H,48,49)/t13-,14+,15+,16-,17-,18-,20-,21-/m0/s1. The smallest absolute Gasteiger partial charge is 0.328 e. The van der Waals surface area contributed by atoms with Crippen LogP contribution in [-0.4, -0.2) is 125 Å². The number of amides is 6. The number of nitrogens with two attached hydrogens (primary N) is 5. The Morgan fingerprint density at radius 2 is 1.06 bits per heavy atom. The molecule has 0 spiro atoms. The van der Waals surface area contributed by atoms with Crippen LogP contribution in [0, 0.1) is 0 Å². The molecule has 19 N–H and O–H groups in total. The lowest BCUT2D eigenvalue weighted by Crippen LogP contribution is -2.61. The molecular formula is C28H55N11O10. The third kappa shape index (κ3) is 18.4. The number of aliphatic hydroxyl groups excluding tert-OH is 2. The Kier molecular flexibility index (Phi) is 21.5. The summed E-state index contributed by atoms with van der Waals surface area (Å²) in [4.78, 5) is 88.3. The van der Waals surface area contributed by atoms with Crippen molar-refractivity contribution in [1.82, 2.24) is 31.9 Å². The fourth-order valence-electron chi connectivity index (χ4n) is 4.30. The number of rotatable bonds is 25. The van der Waals surface area contributed by atoms with Gasteiger partial charge in [-0.2, -0.15) is 0 Å². The average molecular weight is 706 g/mol. The lowest BCUT2D eigenvalue weighted by Gasteiger charge is -2.28. The molecule has 0 aliphatic heterocycles. The molecule has 0 rings (SSSR count). The second-order valence-corrected chi connectivity index (χ2v) is 11.7. The summed E-state index contributed by atoms with van der Waals surface area (Å²) >= 11 is 0. The Balaban J connectivity index is 6.09. The minimum Gasteiger partial charge on any atom is -0.480 e. The van der Waals surface area contributed by atoms with Crippen molar-refractivity contribution in [2.45, 2.75) is 120 Å². The lowest BCUT2D eigenvalue weighted by atomic mass is 10.0. The number of aliphatic carboxylic acids is 1. The van der Waals surface area contributed by atoms with E-state index in [0.717, 1.165) is 6.92 Å². The molecule has 21 heteroatoms. The van der Waals surface area contributed by atoms with Crippen LogP contribution in [-0.2, 0) is 33.6 Å². The highest BCUT2D eigenvalue weighted by Crippen LogP contribution is 2.08. The zero-order valence-corrected chi connectivity index (χ0v) is 28.1. The first kappa shape index (κ1) is 45.0. The molecule has 8 atom stereocenters. The zero-order chi connectivity index (χ0) is 37.8. The average Bonchev–Trinajstić information content (AvgIpc) is 3.00. The molecule has 0 bridgehead atoms. The summed E-state index contributed by atoms with van der Waals surface area (Å²) in [5.41, 5.74) is 27.3. The van der Waals surface area contributed by atoms with Crippen LogP contribution in [0.25, 0.3) is 0 Å². The molecule has 0 aromatic heterocycles. The highest BCUT2D eigenvalue weighted by molar-refractivity contribution is 5.96. The summed E-state index contributed by atoms with van der Waals surface area (Å²) in [6, 6.07) is -8.41. The predicted octanol–water partition coefficient (Wildman–Crippen LogP) is -6.43. The molecule has 0 fully saturated rings. The van der Waals surface area contributed by atoms with Gasteiger partial charge in [-0.25, -0.2) is 4.79 Å². The molecule has 0 saturated carbocycles. The van der Waals surface area contributed by atoms with Gasteiger partial charge in [-0.3, -0.25) is 34.1 Å². The Labute approximate surface area is 284 Å². The molecule has 0 unspecified atom stereocenters. The van der Waals surface area contributed by atoms with Crippen molar-refractivity contribution in [3.05, 3.63) is 0 Å². The molecule has 6 amide bonds. The van der Waals surface area contributed by atoms with E-state index in [1.165, 1.54) is 13.8 Å². The van der Waals surface area contributed by atoms with E-state index in [0.29, 0.717) is 19.3 Å². The minimum absolute atomic E-state index is 0.0197. The van der Waals surface area contributed by atoms with Crippen LogP contribution in [0.15, 0.2) is 0 Å². The Morgan fingerprint density at radius 3 is 1.51 bits per heavy atom. The third-order valence-electron chi connectivity index (χ3n) is 7.10. The van der Waals surface area contributed by atoms with Crippen molar-refractivity contribution in [3.8, 4) is 0 Å². The van der Waals surface area contributed by atoms with Gasteiger partial charge < -0.3 is 70.6 Å². The first-order valence-electron chi connectivity index (χ1n) is 15.9. The fourth-order valence-corrected chi connectivity index (χ4v) is 4.30. The zero-order valence-electron chi connectivity index (χ0n) is 28.1. The summed E-state index contributed by atoms with van der Waals surface area (Å²) in [7, 11) is 0. The molecule has 0 saturated heterocycles. The maximum absolute atomic E-state index is 13.4. The normalized spacial score (nSPS) is 16.1. The molecule has 282 valence electrons. The molecule has 21 nitrogen and oxygen atoms in total. The third-order valence-corrected chi connectivity index (χ3v) is 7.10. The van der Waals surface area contributed by atoms with E-state index in [1.807, 2.05) is 0 Å². The number of carboxylic acid groups (broad SMARTS) is 1. The number of unbranched alkanes of at least 4 members (excludes halogenated alkanes) is 1. The summed E-state index contributed by atoms with van der Waals surface area (Å²) in [5.74, 6) is -6.85. The number of primary amides is 1. The number of carbonyl (C=O) groups excluding carboxylic acids is 6. The number of carboxylic acids is 1. The van der Waals surface area contributed by atoms with Crippen molar-refractivity contribution in [1.29, 1.82) is 0 Å². The molecule has 0 aliphatic rings. The predicted molar refractivity (Wildman–Crippen MR) is 175 cm³/mol. The topological polar surface area (TPSA) is 382 Å². The highest BCUT2D eigenvalue weighted by Gasteiger charge is 2.34. The van der Waals surface area contributed by atoms with E-state index in [1.54, 1.807) is 0 Å². The van der Waals surface area contributed by atoms with Gasteiger partial charge in [0.05, 0.1) is 18.2 Å². The monoisotopic (exact) mass is 705 g/mol. The van der Waals surface area contributed by atoms with Crippen molar-refractivity contribution in [2.75, 3.05) is 13.1 Å². The van der Waals surface area contributed by atoms with E-state index < -0.39 is 96.2 Å². The number of hydrogen-bond donors (Lipinski definition) is 14. The van der Waals surface area contributed by atoms with Gasteiger partial charge in [-0.1, -0.05) is 0 Å². The molecule has 0 aromatic rings. The fraction of sp³-hybridized carbons (Fsp3) is 0.750. The summed E-state index contributed by atoms with van der Waals surface area (Å²) in [6.45, 7) is 4.27. The molecule has 0 aliphatic carbocycles. The molecule has 0 aromatic carbocycles. The maximum atomic E-state index is 13.4. The number of nitrogens with one attached hydrogen (secondary N) is 6. The van der Waals surface area contributed by atoms with Gasteiger partial charge in [-0.15, -0.1) is 0 Å². The quantitative estimate of drug-likeness (QED) is 0.0310. The Bertz CT molecular complexity index is 1110. The minimum atomic E-state index is -1.74. The molecule has 0 heterocycles. The van der Waals surface area contributed by atoms with Crippen LogP contribution in [0.5, 0.6) is 0 Å². The second-order valence-electron chi connectivity index (χ2n) is 11.7.